The van der Waals surface area contributed by atoms with Gasteiger partial charge < -0.3 is 5.73 Å². The standard InChI is InChI=1S/C14H16N2/c1-10(2)11-3-5-12(6-4-11)14-9-13(15)7-8-16-14/h3-10H,1-2H3,(H2,15,16). The van der Waals surface area contributed by atoms with Gasteiger partial charge in [0, 0.05) is 17.4 Å². The van der Waals surface area contributed by atoms with Crippen molar-refractivity contribution >= 4 is 5.69 Å². The van der Waals surface area contributed by atoms with E-state index in [0.717, 1.165) is 16.9 Å². The number of nitrogens with two attached hydrogens (primary N) is 1. The van der Waals surface area contributed by atoms with Gasteiger partial charge in [0.15, 0.2) is 0 Å². The lowest BCUT2D eigenvalue weighted by atomic mass is 10.0. The van der Waals surface area contributed by atoms with Crippen LogP contribution in [0.5, 0.6) is 0 Å². The van der Waals surface area contributed by atoms with E-state index >= 15 is 0 Å². The Kier molecular flexibility index (Phi) is 2.91. The molecule has 2 heteroatoms. The predicted octanol–water partition coefficient (Wildman–Crippen LogP) is 3.45. The van der Waals surface area contributed by atoms with Gasteiger partial charge in [-0.1, -0.05) is 38.1 Å². The molecule has 1 heterocycles. The van der Waals surface area contributed by atoms with E-state index in [1.165, 1.54) is 5.56 Å². The highest BCUT2D eigenvalue weighted by Gasteiger charge is 2.01. The second kappa shape index (κ2) is 4.35. The van der Waals surface area contributed by atoms with E-state index in [1.54, 1.807) is 12.3 Å². The SMILES string of the molecule is CC(C)c1ccc(-c2cc(N)ccn2)cc1. The zero-order valence-electron chi connectivity index (χ0n) is 9.64. The number of pyridine rings is 1. The van der Waals surface area contributed by atoms with Crippen LogP contribution in [0.1, 0.15) is 25.3 Å². The van der Waals surface area contributed by atoms with Crippen molar-refractivity contribution < 1.29 is 0 Å². The number of rotatable bonds is 2. The smallest absolute Gasteiger partial charge is 0.0722 e. The minimum atomic E-state index is 0.558. The monoisotopic (exact) mass is 212 g/mol. The third-order valence-corrected chi connectivity index (χ3v) is 2.66. The molecular weight excluding hydrogens is 196 g/mol. The average molecular weight is 212 g/mol. The summed E-state index contributed by atoms with van der Waals surface area (Å²) in [5.41, 5.74) is 9.86. The zero-order valence-corrected chi connectivity index (χ0v) is 9.64. The van der Waals surface area contributed by atoms with Crippen LogP contribution >= 0.6 is 0 Å². The number of hydrogen-bond donors (Lipinski definition) is 1. The molecule has 0 aliphatic carbocycles. The van der Waals surface area contributed by atoms with Gasteiger partial charge in [-0.25, -0.2) is 0 Å². The van der Waals surface area contributed by atoms with Crippen LogP contribution < -0.4 is 5.73 Å². The first-order valence-corrected chi connectivity index (χ1v) is 5.48. The molecular formula is C14H16N2. The van der Waals surface area contributed by atoms with Crippen molar-refractivity contribution in [2.24, 2.45) is 0 Å². The lowest BCUT2D eigenvalue weighted by Gasteiger charge is -2.06. The van der Waals surface area contributed by atoms with E-state index in [4.69, 9.17) is 5.73 Å². The molecule has 2 rings (SSSR count). The lowest BCUT2D eigenvalue weighted by Crippen LogP contribution is -1.90. The van der Waals surface area contributed by atoms with Crippen LogP contribution in [0.25, 0.3) is 11.3 Å². The van der Waals surface area contributed by atoms with Crippen molar-refractivity contribution in [3.05, 3.63) is 48.2 Å². The largest absolute Gasteiger partial charge is 0.399 e. The third kappa shape index (κ3) is 2.22. The van der Waals surface area contributed by atoms with E-state index in [9.17, 15) is 0 Å². The number of nitrogen functional groups attached to an aromatic ring is 1. The Morgan fingerprint density at radius 2 is 1.75 bits per heavy atom. The molecule has 0 aliphatic rings. The van der Waals surface area contributed by atoms with Gasteiger partial charge in [0.25, 0.3) is 0 Å². The minimum Gasteiger partial charge on any atom is -0.399 e. The Labute approximate surface area is 96.1 Å². The van der Waals surface area contributed by atoms with Gasteiger partial charge in [-0.15, -0.1) is 0 Å². The molecule has 0 saturated carbocycles. The summed E-state index contributed by atoms with van der Waals surface area (Å²) in [7, 11) is 0. The molecule has 0 saturated heterocycles. The fourth-order valence-electron chi connectivity index (χ4n) is 1.64. The molecule has 2 nitrogen and oxygen atoms in total. The van der Waals surface area contributed by atoms with E-state index < -0.39 is 0 Å². The first kappa shape index (κ1) is 10.7. The normalized spacial score (nSPS) is 10.7. The first-order valence-electron chi connectivity index (χ1n) is 5.48. The quantitative estimate of drug-likeness (QED) is 0.828. The average Bonchev–Trinajstić information content (AvgIpc) is 2.29. The van der Waals surface area contributed by atoms with Gasteiger partial charge in [-0.2, -0.15) is 0 Å². The van der Waals surface area contributed by atoms with Crippen LogP contribution in [0, 0.1) is 0 Å². The number of benzene rings is 1. The summed E-state index contributed by atoms with van der Waals surface area (Å²) in [4.78, 5) is 4.30. The summed E-state index contributed by atoms with van der Waals surface area (Å²) in [6.45, 7) is 4.38. The van der Waals surface area contributed by atoms with E-state index in [-0.39, 0.29) is 0 Å². The molecule has 1 aromatic carbocycles. The van der Waals surface area contributed by atoms with Gasteiger partial charge in [0.05, 0.1) is 5.69 Å². The zero-order chi connectivity index (χ0) is 11.5. The van der Waals surface area contributed by atoms with Gasteiger partial charge in [-0.05, 0) is 23.6 Å². The first-order chi connectivity index (χ1) is 7.66. The molecule has 0 amide bonds. The molecule has 0 unspecified atom stereocenters. The van der Waals surface area contributed by atoms with Crippen LogP contribution in [-0.4, -0.2) is 4.98 Å². The van der Waals surface area contributed by atoms with Crippen LogP contribution in [0.3, 0.4) is 0 Å². The summed E-state index contributed by atoms with van der Waals surface area (Å²) in [5, 5.41) is 0. The van der Waals surface area contributed by atoms with E-state index in [1.807, 2.05) is 6.07 Å². The predicted molar refractivity (Wildman–Crippen MR) is 68.2 cm³/mol. The molecule has 0 fully saturated rings. The Bertz CT molecular complexity index is 472. The summed E-state index contributed by atoms with van der Waals surface area (Å²) >= 11 is 0. The number of aromatic nitrogens is 1. The molecule has 0 bridgehead atoms. The maximum atomic E-state index is 5.73. The van der Waals surface area contributed by atoms with Crippen LogP contribution in [0.15, 0.2) is 42.6 Å². The van der Waals surface area contributed by atoms with Crippen LogP contribution in [0.4, 0.5) is 5.69 Å². The van der Waals surface area contributed by atoms with Crippen molar-refractivity contribution in [3.8, 4) is 11.3 Å². The van der Waals surface area contributed by atoms with Crippen LogP contribution in [-0.2, 0) is 0 Å². The Morgan fingerprint density at radius 1 is 1.06 bits per heavy atom. The lowest BCUT2D eigenvalue weighted by molar-refractivity contribution is 0.867. The number of anilines is 1. The molecule has 0 aliphatic heterocycles. The molecule has 1 aromatic heterocycles. The molecule has 0 spiro atoms. The fourth-order valence-corrected chi connectivity index (χ4v) is 1.64. The molecule has 16 heavy (non-hydrogen) atoms. The van der Waals surface area contributed by atoms with Crippen molar-refractivity contribution in [1.82, 2.24) is 4.98 Å². The maximum Gasteiger partial charge on any atom is 0.0722 e. The molecule has 2 aromatic rings. The second-order valence-electron chi connectivity index (χ2n) is 4.25. The highest BCUT2D eigenvalue weighted by Crippen LogP contribution is 2.22. The van der Waals surface area contributed by atoms with Gasteiger partial charge in [-0.3, -0.25) is 4.98 Å². The number of hydrogen-bond acceptors (Lipinski definition) is 2. The van der Waals surface area contributed by atoms with Crippen molar-refractivity contribution in [1.29, 1.82) is 0 Å². The second-order valence-corrected chi connectivity index (χ2v) is 4.25. The van der Waals surface area contributed by atoms with E-state index in [0.29, 0.717) is 5.92 Å². The molecule has 82 valence electrons. The molecule has 0 atom stereocenters. The molecule has 0 radical (unpaired) electrons. The Morgan fingerprint density at radius 3 is 2.31 bits per heavy atom. The summed E-state index contributed by atoms with van der Waals surface area (Å²) in [6.07, 6.45) is 1.74. The van der Waals surface area contributed by atoms with Gasteiger partial charge >= 0.3 is 0 Å². The summed E-state index contributed by atoms with van der Waals surface area (Å²) in [6, 6.07) is 12.2. The fraction of sp³-hybridized carbons (Fsp3) is 0.214. The summed E-state index contributed by atoms with van der Waals surface area (Å²) < 4.78 is 0. The summed E-state index contributed by atoms with van der Waals surface area (Å²) in [5.74, 6) is 0.558. The molecule has 2 N–H and O–H groups in total. The maximum absolute atomic E-state index is 5.73. The Hall–Kier alpha value is -1.83. The van der Waals surface area contributed by atoms with Crippen LogP contribution in [0.2, 0.25) is 0 Å². The van der Waals surface area contributed by atoms with Gasteiger partial charge in [0.1, 0.15) is 0 Å². The highest BCUT2D eigenvalue weighted by molar-refractivity contribution is 5.63. The highest BCUT2D eigenvalue weighted by atomic mass is 14.7. The number of nitrogens with zero attached hydrogens (tertiary/aromatic N) is 1. The van der Waals surface area contributed by atoms with E-state index in [2.05, 4.69) is 43.1 Å². The van der Waals surface area contributed by atoms with Gasteiger partial charge in [0.2, 0.25) is 0 Å². The van der Waals surface area contributed by atoms with Crippen molar-refractivity contribution in [2.75, 3.05) is 5.73 Å². The topological polar surface area (TPSA) is 38.9 Å². The van der Waals surface area contributed by atoms with Crippen molar-refractivity contribution in [2.45, 2.75) is 19.8 Å². The minimum absolute atomic E-state index is 0.558. The Balaban J connectivity index is 2.35. The van der Waals surface area contributed by atoms with Crippen molar-refractivity contribution in [3.63, 3.8) is 0 Å². The third-order valence-electron chi connectivity index (χ3n) is 2.66.